The molecule has 2 aromatic heterocycles. The summed E-state index contributed by atoms with van der Waals surface area (Å²) >= 11 is 0. The van der Waals surface area contributed by atoms with Gasteiger partial charge in [0, 0.05) is 22.4 Å². The normalized spacial score (nSPS) is 12.9. The van der Waals surface area contributed by atoms with Gasteiger partial charge in [-0.3, -0.25) is 0 Å². The maximum atomic E-state index is 5.39. The molecule has 5 heteroatoms. The quantitative estimate of drug-likeness (QED) is 0.474. The summed E-state index contributed by atoms with van der Waals surface area (Å²) < 4.78 is 12.8. The summed E-state index contributed by atoms with van der Waals surface area (Å²) in [4.78, 5) is 5.10. The predicted molar refractivity (Wildman–Crippen MR) is 118 cm³/mol. The molecule has 0 saturated heterocycles. The Bertz CT molecular complexity index is 1260. The van der Waals surface area contributed by atoms with Crippen LogP contribution in [0.1, 0.15) is 28.9 Å². The number of rotatable bonds is 4. The van der Waals surface area contributed by atoms with Crippen LogP contribution in [0.4, 0.5) is 0 Å². The molecule has 0 atom stereocenters. The molecular formula is C25H25N3O2. The third-order valence-electron chi connectivity index (χ3n) is 6.03. The second-order valence-electron chi connectivity index (χ2n) is 7.84. The molecule has 0 saturated carbocycles. The van der Waals surface area contributed by atoms with Gasteiger partial charge in [-0.15, -0.1) is 0 Å². The summed E-state index contributed by atoms with van der Waals surface area (Å²) in [6.07, 6.45) is 3.18. The number of hydrogen-bond acceptors (Lipinski definition) is 4. The summed E-state index contributed by atoms with van der Waals surface area (Å²) in [6.45, 7) is 4.18. The fourth-order valence-electron chi connectivity index (χ4n) is 4.54. The molecule has 0 fully saturated rings. The average Bonchev–Trinajstić information content (AvgIpc) is 3.35. The Morgan fingerprint density at radius 3 is 2.33 bits per heavy atom. The van der Waals surface area contributed by atoms with E-state index in [9.17, 15) is 0 Å². The molecule has 0 spiro atoms. The van der Waals surface area contributed by atoms with Gasteiger partial charge in [-0.25, -0.2) is 9.50 Å². The first-order valence-electron chi connectivity index (χ1n) is 10.3. The van der Waals surface area contributed by atoms with E-state index in [0.29, 0.717) is 0 Å². The number of aromatic nitrogens is 3. The van der Waals surface area contributed by atoms with Crippen LogP contribution in [0, 0.1) is 13.8 Å². The van der Waals surface area contributed by atoms with Crippen molar-refractivity contribution >= 4 is 5.65 Å². The number of nitrogens with zero attached hydrogens (tertiary/aromatic N) is 3. The maximum Gasteiger partial charge on any atom is 0.164 e. The van der Waals surface area contributed by atoms with Crippen LogP contribution in [0.15, 0.2) is 42.5 Å². The van der Waals surface area contributed by atoms with Gasteiger partial charge in [0.2, 0.25) is 0 Å². The number of benzene rings is 2. The molecule has 5 rings (SSSR count). The van der Waals surface area contributed by atoms with Crippen molar-refractivity contribution in [2.24, 2.45) is 0 Å². The van der Waals surface area contributed by atoms with Crippen molar-refractivity contribution in [3.63, 3.8) is 0 Å². The van der Waals surface area contributed by atoms with Gasteiger partial charge in [0.15, 0.2) is 5.65 Å². The number of fused-ring (bicyclic) bond motifs is 2. The number of ether oxygens (including phenoxy) is 2. The Morgan fingerprint density at radius 2 is 1.63 bits per heavy atom. The second-order valence-corrected chi connectivity index (χ2v) is 7.84. The zero-order valence-corrected chi connectivity index (χ0v) is 17.8. The van der Waals surface area contributed by atoms with Crippen LogP contribution in [0.25, 0.3) is 28.0 Å². The highest BCUT2D eigenvalue weighted by Gasteiger charge is 2.25. The molecule has 1 aliphatic rings. The van der Waals surface area contributed by atoms with Crippen molar-refractivity contribution in [3.8, 4) is 33.9 Å². The van der Waals surface area contributed by atoms with Crippen LogP contribution >= 0.6 is 0 Å². The topological polar surface area (TPSA) is 48.7 Å². The zero-order valence-electron chi connectivity index (χ0n) is 17.8. The molecule has 0 unspecified atom stereocenters. The van der Waals surface area contributed by atoms with Crippen LogP contribution in [0.5, 0.6) is 11.5 Å². The summed E-state index contributed by atoms with van der Waals surface area (Å²) in [5, 5.41) is 4.96. The van der Waals surface area contributed by atoms with Crippen molar-refractivity contribution in [2.45, 2.75) is 33.1 Å². The summed E-state index contributed by atoms with van der Waals surface area (Å²) in [5.74, 6) is 1.71. The fraction of sp³-hybridized carbons (Fsp3) is 0.280. The lowest BCUT2D eigenvalue weighted by Crippen LogP contribution is -2.03. The van der Waals surface area contributed by atoms with Crippen molar-refractivity contribution in [1.82, 2.24) is 14.6 Å². The van der Waals surface area contributed by atoms with Crippen LogP contribution in [0.2, 0.25) is 0 Å². The number of hydrogen-bond donors (Lipinski definition) is 0. The van der Waals surface area contributed by atoms with Gasteiger partial charge in [0.05, 0.1) is 25.6 Å². The highest BCUT2D eigenvalue weighted by molar-refractivity contribution is 5.84. The van der Waals surface area contributed by atoms with Crippen LogP contribution in [-0.4, -0.2) is 28.8 Å². The van der Waals surface area contributed by atoms with E-state index in [-0.39, 0.29) is 0 Å². The van der Waals surface area contributed by atoms with Gasteiger partial charge in [0.1, 0.15) is 11.5 Å². The zero-order chi connectivity index (χ0) is 20.8. The minimum Gasteiger partial charge on any atom is -0.497 e. The van der Waals surface area contributed by atoms with E-state index in [1.807, 2.05) is 22.7 Å². The molecule has 30 heavy (non-hydrogen) atoms. The summed E-state index contributed by atoms with van der Waals surface area (Å²) in [6, 6.07) is 14.4. The average molecular weight is 399 g/mol. The highest BCUT2D eigenvalue weighted by atomic mass is 16.5. The van der Waals surface area contributed by atoms with Crippen LogP contribution in [-0.2, 0) is 12.8 Å². The fourth-order valence-corrected chi connectivity index (χ4v) is 4.54. The Hall–Kier alpha value is -3.34. The number of methoxy groups -OCH3 is 2. The molecule has 0 bridgehead atoms. The van der Waals surface area contributed by atoms with Crippen LogP contribution in [0.3, 0.4) is 0 Å². The lowest BCUT2D eigenvalue weighted by Gasteiger charge is -2.13. The van der Waals surface area contributed by atoms with E-state index in [1.165, 1.54) is 11.3 Å². The minimum atomic E-state index is 0.854. The van der Waals surface area contributed by atoms with E-state index in [1.54, 1.807) is 14.2 Å². The molecule has 2 aromatic carbocycles. The first-order valence-corrected chi connectivity index (χ1v) is 10.3. The molecule has 0 aliphatic heterocycles. The van der Waals surface area contributed by atoms with Crippen molar-refractivity contribution < 1.29 is 9.47 Å². The lowest BCUT2D eigenvalue weighted by atomic mass is 10.00. The predicted octanol–water partition coefficient (Wildman–Crippen LogP) is 5.19. The maximum absolute atomic E-state index is 5.39. The molecule has 4 aromatic rings. The molecule has 0 amide bonds. The molecule has 2 heterocycles. The van der Waals surface area contributed by atoms with E-state index >= 15 is 0 Å². The van der Waals surface area contributed by atoms with Gasteiger partial charge in [-0.1, -0.05) is 6.07 Å². The van der Waals surface area contributed by atoms with Crippen molar-refractivity contribution in [3.05, 3.63) is 65.0 Å². The van der Waals surface area contributed by atoms with Crippen molar-refractivity contribution in [1.29, 1.82) is 0 Å². The third kappa shape index (κ3) is 2.84. The van der Waals surface area contributed by atoms with Gasteiger partial charge in [0.25, 0.3) is 0 Å². The first kappa shape index (κ1) is 18.7. The van der Waals surface area contributed by atoms with E-state index in [2.05, 4.69) is 38.1 Å². The summed E-state index contributed by atoms with van der Waals surface area (Å²) in [7, 11) is 3.39. The molecule has 0 N–H and O–H groups in total. The standard InChI is InChI=1S/C25H25N3O2/c1-15-14-19(30-4)12-13-20(15)23-16(2)27-28-24(17-8-10-18(29-3)11-9-17)21-6-5-7-22(21)26-25(23)28/h8-14H,5-7H2,1-4H3. The molecule has 1 aliphatic carbocycles. The Balaban J connectivity index is 1.79. The third-order valence-corrected chi connectivity index (χ3v) is 6.03. The minimum absolute atomic E-state index is 0.854. The van der Waals surface area contributed by atoms with E-state index < -0.39 is 0 Å². The largest absolute Gasteiger partial charge is 0.497 e. The Kier molecular flexibility index (Phi) is 4.46. The van der Waals surface area contributed by atoms with Gasteiger partial charge in [-0.05, 0) is 80.6 Å². The van der Waals surface area contributed by atoms with Gasteiger partial charge < -0.3 is 9.47 Å². The van der Waals surface area contributed by atoms with E-state index in [0.717, 1.165) is 70.1 Å². The molecule has 0 radical (unpaired) electrons. The van der Waals surface area contributed by atoms with Crippen LogP contribution < -0.4 is 9.47 Å². The highest BCUT2D eigenvalue weighted by Crippen LogP contribution is 2.38. The molecule has 5 nitrogen and oxygen atoms in total. The van der Waals surface area contributed by atoms with Crippen molar-refractivity contribution in [2.75, 3.05) is 14.2 Å². The smallest absolute Gasteiger partial charge is 0.164 e. The number of aryl methyl sites for hydroxylation is 3. The molecule has 152 valence electrons. The SMILES string of the molecule is COc1ccc(-c2c3c(nc4c(-c5ccc(OC)cc5C)c(C)nn24)CCC3)cc1. The second kappa shape index (κ2) is 7.17. The lowest BCUT2D eigenvalue weighted by molar-refractivity contribution is 0.414. The first-order chi connectivity index (χ1) is 14.6. The Morgan fingerprint density at radius 1 is 0.900 bits per heavy atom. The summed E-state index contributed by atoms with van der Waals surface area (Å²) in [5.41, 5.74) is 10.1. The van der Waals surface area contributed by atoms with Gasteiger partial charge in [-0.2, -0.15) is 5.10 Å². The van der Waals surface area contributed by atoms with E-state index in [4.69, 9.17) is 19.6 Å². The molecular weight excluding hydrogens is 374 g/mol. The monoisotopic (exact) mass is 399 g/mol. The Labute approximate surface area is 176 Å². The van der Waals surface area contributed by atoms with Gasteiger partial charge >= 0.3 is 0 Å².